The van der Waals surface area contributed by atoms with Crippen LogP contribution in [-0.2, 0) is 0 Å². The quantitative estimate of drug-likeness (QED) is 0.573. The molecule has 0 amide bonds. The van der Waals surface area contributed by atoms with Gasteiger partial charge in [-0.15, -0.1) is 0 Å². The first-order valence-electron chi connectivity index (χ1n) is 7.34. The summed E-state index contributed by atoms with van der Waals surface area (Å²) in [5.74, 6) is 1.84. The Hall–Kier alpha value is 0. The molecule has 2 aliphatic carbocycles. The largest absolute Gasteiger partial charge is 0.0602 e. The fourth-order valence-electron chi connectivity index (χ4n) is 3.47. The Morgan fingerprint density at radius 1 is 1.07 bits per heavy atom. The van der Waals surface area contributed by atoms with Crippen molar-refractivity contribution in [3.05, 3.63) is 0 Å². The maximum Gasteiger partial charge on any atom is 0.0275 e. The first-order valence-corrected chi connectivity index (χ1v) is 6.34. The zero-order valence-corrected chi connectivity index (χ0v) is 9.97. The van der Waals surface area contributed by atoms with Crippen LogP contribution in [0, 0.1) is 23.2 Å². The van der Waals surface area contributed by atoms with Crippen LogP contribution in [-0.4, -0.2) is 0 Å². The Bertz CT molecular complexity index is 252. The first-order chi connectivity index (χ1) is 7.34. The second-order valence-corrected chi connectivity index (χ2v) is 6.29. The van der Waals surface area contributed by atoms with Crippen LogP contribution < -0.4 is 0 Å². The van der Waals surface area contributed by atoms with Gasteiger partial charge in [0.25, 0.3) is 0 Å². The van der Waals surface area contributed by atoms with Crippen LogP contribution in [0.2, 0.25) is 0 Å². The van der Waals surface area contributed by atoms with E-state index in [0.717, 1.165) is 12.3 Å². The zero-order valence-electron chi connectivity index (χ0n) is 12.0. The van der Waals surface area contributed by atoms with Gasteiger partial charge >= 0.3 is 0 Å². The van der Waals surface area contributed by atoms with Crippen molar-refractivity contribution < 1.29 is 2.74 Å². The third kappa shape index (κ3) is 2.32. The highest BCUT2D eigenvalue weighted by atomic mass is 14.4. The molecule has 2 fully saturated rings. The number of rotatable bonds is 1. The van der Waals surface area contributed by atoms with Gasteiger partial charge in [-0.1, -0.05) is 40.0 Å². The summed E-state index contributed by atoms with van der Waals surface area (Å²) in [4.78, 5) is 0. The average molecular weight is 196 g/mol. The molecule has 0 radical (unpaired) electrons. The number of fused-ring (bicyclic) bond motifs is 1. The van der Waals surface area contributed by atoms with E-state index in [1.54, 1.807) is 0 Å². The number of hydrogen-bond acceptors (Lipinski definition) is 0. The van der Waals surface area contributed by atoms with E-state index in [0.29, 0.717) is 11.8 Å². The van der Waals surface area contributed by atoms with Crippen LogP contribution in [0.15, 0.2) is 0 Å². The minimum atomic E-state index is -0.996. The van der Waals surface area contributed by atoms with Gasteiger partial charge in [-0.3, -0.25) is 0 Å². The molecule has 82 valence electrons. The topological polar surface area (TPSA) is 0 Å². The molecule has 0 aromatic carbocycles. The summed E-state index contributed by atoms with van der Waals surface area (Å²) in [5, 5.41) is 0. The Balaban J connectivity index is 2.16. The zero-order chi connectivity index (χ0) is 12.0. The molecule has 2 saturated carbocycles. The average Bonchev–Trinajstić information content (AvgIpc) is 2.59. The summed E-state index contributed by atoms with van der Waals surface area (Å²) in [7, 11) is 0. The Morgan fingerprint density at radius 3 is 2.50 bits per heavy atom. The Kier molecular flexibility index (Phi) is 2.26. The molecule has 0 aromatic rings. The van der Waals surface area contributed by atoms with Crippen molar-refractivity contribution in [2.75, 3.05) is 0 Å². The Labute approximate surface area is 92.3 Å². The van der Waals surface area contributed by atoms with E-state index in [-0.39, 0.29) is 5.41 Å². The molecule has 0 saturated heterocycles. The summed E-state index contributed by atoms with van der Waals surface area (Å²) >= 11 is 0. The third-order valence-corrected chi connectivity index (χ3v) is 3.95. The highest BCUT2D eigenvalue weighted by molar-refractivity contribution is 4.89. The van der Waals surface area contributed by atoms with Gasteiger partial charge in [-0.2, -0.15) is 0 Å². The SMILES string of the molecule is [2H]C([2H])(C1CCC2CCCCC21)C(C)(C)C. The molecule has 2 rings (SSSR count). The summed E-state index contributed by atoms with van der Waals surface area (Å²) < 4.78 is 16.9. The lowest BCUT2D eigenvalue weighted by atomic mass is 9.73. The second kappa shape index (κ2) is 3.87. The van der Waals surface area contributed by atoms with Crippen LogP contribution in [0.25, 0.3) is 0 Å². The lowest BCUT2D eigenvalue weighted by Gasteiger charge is -2.32. The first kappa shape index (κ1) is 8.19. The predicted octanol–water partition coefficient (Wildman–Crippen LogP) is 4.64. The second-order valence-electron chi connectivity index (χ2n) is 6.29. The summed E-state index contributed by atoms with van der Waals surface area (Å²) in [6.07, 6.45) is 6.77. The molecular weight excluding hydrogens is 168 g/mol. The highest BCUT2D eigenvalue weighted by Gasteiger charge is 2.38. The monoisotopic (exact) mass is 196 g/mol. The molecule has 0 heterocycles. The predicted molar refractivity (Wildman–Crippen MR) is 62.2 cm³/mol. The van der Waals surface area contributed by atoms with E-state index < -0.39 is 6.37 Å². The van der Waals surface area contributed by atoms with E-state index in [1.165, 1.54) is 32.1 Å². The summed E-state index contributed by atoms with van der Waals surface area (Å²) in [6, 6.07) is 0. The van der Waals surface area contributed by atoms with Crippen LogP contribution in [0.3, 0.4) is 0 Å². The van der Waals surface area contributed by atoms with E-state index in [1.807, 2.05) is 0 Å². The van der Waals surface area contributed by atoms with Crippen LogP contribution >= 0.6 is 0 Å². The molecule has 14 heavy (non-hydrogen) atoms. The van der Waals surface area contributed by atoms with E-state index in [2.05, 4.69) is 20.8 Å². The Morgan fingerprint density at radius 2 is 1.79 bits per heavy atom. The fourth-order valence-corrected chi connectivity index (χ4v) is 3.47. The van der Waals surface area contributed by atoms with Gasteiger partial charge in [-0.25, -0.2) is 0 Å². The van der Waals surface area contributed by atoms with Crippen molar-refractivity contribution in [2.45, 2.75) is 65.7 Å². The van der Waals surface area contributed by atoms with Crippen molar-refractivity contribution in [3.8, 4) is 0 Å². The van der Waals surface area contributed by atoms with Crippen molar-refractivity contribution in [1.82, 2.24) is 0 Å². The van der Waals surface area contributed by atoms with Crippen molar-refractivity contribution in [2.24, 2.45) is 23.2 Å². The van der Waals surface area contributed by atoms with Crippen molar-refractivity contribution >= 4 is 0 Å². The van der Waals surface area contributed by atoms with Gasteiger partial charge in [0.2, 0.25) is 0 Å². The van der Waals surface area contributed by atoms with E-state index in [9.17, 15) is 0 Å². The van der Waals surface area contributed by atoms with Gasteiger partial charge in [0.05, 0.1) is 0 Å². The van der Waals surface area contributed by atoms with E-state index in [4.69, 9.17) is 2.74 Å². The molecule has 0 aromatic heterocycles. The molecule has 3 atom stereocenters. The maximum atomic E-state index is 8.46. The smallest absolute Gasteiger partial charge is 0.0275 e. The third-order valence-electron chi connectivity index (χ3n) is 3.95. The lowest BCUT2D eigenvalue weighted by Crippen LogP contribution is -2.22. The molecule has 0 heteroatoms. The molecule has 2 aliphatic rings. The van der Waals surface area contributed by atoms with Gasteiger partial charge in [0, 0.05) is 2.74 Å². The van der Waals surface area contributed by atoms with E-state index >= 15 is 0 Å². The molecule has 0 N–H and O–H groups in total. The van der Waals surface area contributed by atoms with Crippen LogP contribution in [0.1, 0.15) is 68.4 Å². The minimum absolute atomic E-state index is 0.218. The van der Waals surface area contributed by atoms with Crippen molar-refractivity contribution in [3.63, 3.8) is 0 Å². The molecule has 0 aliphatic heterocycles. The normalized spacial score (nSPS) is 41.5. The lowest BCUT2D eigenvalue weighted by molar-refractivity contribution is 0.182. The molecular formula is C14H26. The molecule has 0 nitrogen and oxygen atoms in total. The van der Waals surface area contributed by atoms with Gasteiger partial charge in [-0.05, 0) is 48.8 Å². The van der Waals surface area contributed by atoms with Gasteiger partial charge in [0.15, 0.2) is 0 Å². The maximum absolute atomic E-state index is 8.46. The summed E-state index contributed by atoms with van der Waals surface area (Å²) in [6.45, 7) is 6.18. The molecule has 0 bridgehead atoms. The minimum Gasteiger partial charge on any atom is -0.0602 e. The fraction of sp³-hybridized carbons (Fsp3) is 1.00. The van der Waals surface area contributed by atoms with Crippen LogP contribution in [0.5, 0.6) is 0 Å². The standard InChI is InChI=1S/C14H26/c1-14(2,3)10-12-9-8-11-6-4-5-7-13(11)12/h11-13H,4-10H2,1-3H3/i10D2. The summed E-state index contributed by atoms with van der Waals surface area (Å²) in [5.41, 5.74) is -0.218. The highest BCUT2D eigenvalue weighted by Crippen LogP contribution is 2.49. The van der Waals surface area contributed by atoms with Gasteiger partial charge < -0.3 is 0 Å². The molecule has 0 spiro atoms. The van der Waals surface area contributed by atoms with Crippen molar-refractivity contribution in [1.29, 1.82) is 0 Å². The van der Waals surface area contributed by atoms with Crippen LogP contribution in [0.4, 0.5) is 0 Å². The number of hydrogen-bond donors (Lipinski definition) is 0. The molecule has 3 unspecified atom stereocenters. The van der Waals surface area contributed by atoms with Gasteiger partial charge in [0.1, 0.15) is 0 Å².